The van der Waals surface area contributed by atoms with Gasteiger partial charge in [0.1, 0.15) is 0 Å². The van der Waals surface area contributed by atoms with Crippen LogP contribution in [0.1, 0.15) is 90.9 Å². The van der Waals surface area contributed by atoms with Crippen molar-refractivity contribution in [2.24, 2.45) is 11.8 Å². The summed E-state index contributed by atoms with van der Waals surface area (Å²) in [6, 6.07) is 0. The van der Waals surface area contributed by atoms with Crippen molar-refractivity contribution >= 4 is 24.1 Å². The van der Waals surface area contributed by atoms with E-state index in [0.717, 1.165) is 51.4 Å². The van der Waals surface area contributed by atoms with Gasteiger partial charge < -0.3 is 5.53 Å². The third-order valence-corrected chi connectivity index (χ3v) is 11.7. The molecule has 0 radical (unpaired) electrons. The van der Waals surface area contributed by atoms with Crippen LogP contribution in [-0.4, -0.2) is 36.5 Å². The Morgan fingerprint density at radius 2 is 1.07 bits per heavy atom. The van der Waals surface area contributed by atoms with E-state index in [9.17, 15) is 22.4 Å². The molecule has 8 heteroatoms. The normalized spacial score (nSPS) is 29.9. The molecule has 0 amide bonds. The van der Waals surface area contributed by atoms with Crippen molar-refractivity contribution in [3.05, 3.63) is 5.53 Å². The Balaban J connectivity index is 2.12. The molecule has 2 rings (SSSR count). The van der Waals surface area contributed by atoms with E-state index in [-0.39, 0.29) is 0 Å². The minimum absolute atomic E-state index is 0.449. The molecule has 0 N–H and O–H groups in total. The Kier molecular flexibility index (Phi) is 8.07. The van der Waals surface area contributed by atoms with Crippen LogP contribution in [0.4, 0.5) is 0 Å². The molecule has 0 atom stereocenters. The maximum Gasteiger partial charge on any atom is 0.495 e. The van der Waals surface area contributed by atoms with Gasteiger partial charge in [-0.05, 0) is 63.2 Å². The van der Waals surface area contributed by atoms with Gasteiger partial charge in [0.05, 0.1) is 10.5 Å². The van der Waals surface area contributed by atoms with Gasteiger partial charge in [0.15, 0.2) is 0 Å². The highest BCUT2D eigenvalue weighted by atomic mass is 32.3. The second kappa shape index (κ2) is 9.66. The summed E-state index contributed by atoms with van der Waals surface area (Å²) in [5, 5.41) is -1.49. The Bertz CT molecular complexity index is 681. The van der Waals surface area contributed by atoms with Gasteiger partial charge in [-0.25, -0.2) is 16.8 Å². The first kappa shape index (κ1) is 22.6. The second-order valence-corrected chi connectivity index (χ2v) is 12.9. The van der Waals surface area contributed by atoms with E-state index in [1.807, 2.05) is 0 Å². The van der Waals surface area contributed by atoms with E-state index < -0.39 is 34.6 Å². The van der Waals surface area contributed by atoms with Crippen LogP contribution < -0.4 is 0 Å². The fourth-order valence-electron chi connectivity index (χ4n) is 4.84. The molecule has 0 unspecified atom stereocenters. The summed E-state index contributed by atoms with van der Waals surface area (Å²) in [6.07, 6.45) is 9.25. The lowest BCUT2D eigenvalue weighted by atomic mass is 9.86. The van der Waals surface area contributed by atoms with Crippen molar-refractivity contribution in [2.75, 3.05) is 0 Å². The van der Waals surface area contributed by atoms with Crippen LogP contribution >= 0.6 is 0 Å². The molecular weight excluding hydrogens is 384 g/mol. The minimum atomic E-state index is -4.13. The molecular formula is C19H34N2O4S2. The number of hydrogen-bond acceptors (Lipinski definition) is 4. The Morgan fingerprint density at radius 3 is 1.33 bits per heavy atom. The number of nitrogens with zero attached hydrogens (tertiary/aromatic N) is 2. The SMILES string of the molecule is CCCC1CCC(S(=O)(=O)C(=[N+]=[N-])S(=O)(=O)C2CCC(CCC)CC2)CC1. The Labute approximate surface area is 164 Å². The van der Waals surface area contributed by atoms with Crippen molar-refractivity contribution in [3.63, 3.8) is 0 Å². The monoisotopic (exact) mass is 418 g/mol. The van der Waals surface area contributed by atoms with Gasteiger partial charge in [-0.2, -0.15) is 0 Å². The zero-order valence-electron chi connectivity index (χ0n) is 16.6. The van der Waals surface area contributed by atoms with Crippen molar-refractivity contribution < 1.29 is 21.6 Å². The summed E-state index contributed by atoms with van der Waals surface area (Å²) in [6.45, 7) is 4.22. The fourth-order valence-corrected chi connectivity index (χ4v) is 9.53. The first-order valence-electron chi connectivity index (χ1n) is 10.5. The predicted molar refractivity (Wildman–Crippen MR) is 108 cm³/mol. The van der Waals surface area contributed by atoms with Gasteiger partial charge in [0.2, 0.25) is 0 Å². The molecule has 0 saturated heterocycles. The largest absolute Gasteiger partial charge is 0.495 e. The van der Waals surface area contributed by atoms with Crippen LogP contribution in [0.3, 0.4) is 0 Å². The van der Waals surface area contributed by atoms with Crippen molar-refractivity contribution in [2.45, 2.75) is 101 Å². The average Bonchev–Trinajstić information content (AvgIpc) is 2.63. The van der Waals surface area contributed by atoms with Gasteiger partial charge in [-0.3, -0.25) is 0 Å². The van der Waals surface area contributed by atoms with Gasteiger partial charge >= 0.3 is 4.38 Å². The zero-order valence-corrected chi connectivity index (χ0v) is 18.3. The van der Waals surface area contributed by atoms with Gasteiger partial charge in [0, 0.05) is 0 Å². The Hall–Kier alpha value is -0.720. The van der Waals surface area contributed by atoms with E-state index in [4.69, 9.17) is 0 Å². The molecule has 27 heavy (non-hydrogen) atoms. The lowest BCUT2D eigenvalue weighted by Gasteiger charge is -2.28. The molecule has 0 spiro atoms. The van der Waals surface area contributed by atoms with E-state index in [0.29, 0.717) is 37.5 Å². The van der Waals surface area contributed by atoms with Crippen LogP contribution in [0.5, 0.6) is 0 Å². The van der Waals surface area contributed by atoms with E-state index in [1.54, 1.807) is 0 Å². The fraction of sp³-hybridized carbons (Fsp3) is 0.947. The zero-order chi connectivity index (χ0) is 20.1. The predicted octanol–water partition coefficient (Wildman–Crippen LogP) is 4.12. The van der Waals surface area contributed by atoms with E-state index >= 15 is 0 Å². The standard InChI is InChI=1S/C19H34N2O4S2/c1-3-5-15-7-11-17(12-8-15)26(22,23)19(21-20)27(24,25)18-13-9-16(6-4-2)10-14-18/h15-18H,3-14H2,1-2H3. The maximum atomic E-state index is 13.0. The summed E-state index contributed by atoms with van der Waals surface area (Å²) in [7, 11) is -8.26. The molecule has 0 aromatic heterocycles. The summed E-state index contributed by atoms with van der Waals surface area (Å²) in [5.74, 6) is 1.03. The number of sulfone groups is 2. The van der Waals surface area contributed by atoms with Crippen LogP contribution in [-0.2, 0) is 19.7 Å². The molecule has 156 valence electrons. The lowest BCUT2D eigenvalue weighted by molar-refractivity contribution is 0.00356. The van der Waals surface area contributed by atoms with Crippen LogP contribution in [0.15, 0.2) is 0 Å². The molecule has 0 aromatic rings. The quantitative estimate of drug-likeness (QED) is 0.280. The second-order valence-electron chi connectivity index (χ2n) is 8.32. The summed E-state index contributed by atoms with van der Waals surface area (Å²) >= 11 is 0. The molecule has 6 nitrogen and oxygen atoms in total. The molecule has 0 bridgehead atoms. The highest BCUT2D eigenvalue weighted by molar-refractivity contribution is 8.31. The Morgan fingerprint density at radius 1 is 0.741 bits per heavy atom. The molecule has 2 aliphatic rings. The molecule has 0 aromatic carbocycles. The topological polar surface area (TPSA) is 105 Å². The summed E-state index contributed by atoms with van der Waals surface area (Å²) in [4.78, 5) is 2.83. The van der Waals surface area contributed by atoms with Crippen molar-refractivity contribution in [1.82, 2.24) is 0 Å². The first-order chi connectivity index (χ1) is 12.8. The molecule has 0 heterocycles. The van der Waals surface area contributed by atoms with Crippen molar-refractivity contribution in [1.29, 1.82) is 0 Å². The highest BCUT2D eigenvalue weighted by Gasteiger charge is 2.50. The summed E-state index contributed by atoms with van der Waals surface area (Å²) in [5.41, 5.74) is 9.36. The average molecular weight is 419 g/mol. The third kappa shape index (κ3) is 5.21. The van der Waals surface area contributed by atoms with Crippen LogP contribution in [0.2, 0.25) is 0 Å². The number of rotatable bonds is 6. The third-order valence-electron chi connectivity index (χ3n) is 6.43. The van der Waals surface area contributed by atoms with Gasteiger partial charge in [0.25, 0.3) is 19.7 Å². The minimum Gasteiger partial charge on any atom is -0.359 e. The smallest absolute Gasteiger partial charge is 0.359 e. The molecule has 2 fully saturated rings. The molecule has 2 saturated carbocycles. The lowest BCUT2D eigenvalue weighted by Crippen LogP contribution is -2.41. The maximum absolute atomic E-state index is 13.0. The number of hydrogen-bond donors (Lipinski definition) is 0. The van der Waals surface area contributed by atoms with Crippen molar-refractivity contribution in [3.8, 4) is 0 Å². The van der Waals surface area contributed by atoms with Crippen LogP contribution in [0, 0.1) is 11.8 Å². The van der Waals surface area contributed by atoms with E-state index in [2.05, 4.69) is 18.6 Å². The highest BCUT2D eigenvalue weighted by Crippen LogP contribution is 2.35. The van der Waals surface area contributed by atoms with Gasteiger partial charge in [-0.15, -0.1) is 4.79 Å². The summed E-state index contributed by atoms with van der Waals surface area (Å²) < 4.78 is 50.9. The molecule has 0 aliphatic heterocycles. The van der Waals surface area contributed by atoms with E-state index in [1.165, 1.54) is 0 Å². The first-order valence-corrected chi connectivity index (χ1v) is 13.6. The van der Waals surface area contributed by atoms with Crippen LogP contribution in [0.25, 0.3) is 5.53 Å². The van der Waals surface area contributed by atoms with Gasteiger partial charge in [-0.1, -0.05) is 39.5 Å². The molecule has 2 aliphatic carbocycles.